The third-order valence-electron chi connectivity index (χ3n) is 3.11. The second kappa shape index (κ2) is 5.49. The molecule has 1 aliphatic rings. The lowest BCUT2D eigenvalue weighted by Crippen LogP contribution is -2.49. The number of carbonyl (C=O) groups is 1. The number of anilines is 1. The maximum atomic E-state index is 12.2. The number of aromatic nitrogens is 4. The van der Waals surface area contributed by atoms with Crippen LogP contribution in [-0.2, 0) is 0 Å². The van der Waals surface area contributed by atoms with E-state index in [4.69, 9.17) is 0 Å². The zero-order valence-corrected chi connectivity index (χ0v) is 11.9. The molecule has 0 aliphatic carbocycles. The first-order chi connectivity index (χ1) is 9.74. The van der Waals surface area contributed by atoms with Crippen LogP contribution < -0.4 is 4.90 Å². The van der Waals surface area contributed by atoms with E-state index in [9.17, 15) is 4.79 Å². The molecule has 0 N–H and O–H groups in total. The van der Waals surface area contributed by atoms with Crippen LogP contribution in [0.25, 0.3) is 0 Å². The first-order valence-corrected chi connectivity index (χ1v) is 7.13. The van der Waals surface area contributed by atoms with Crippen molar-refractivity contribution < 1.29 is 4.79 Å². The maximum Gasteiger partial charge on any atom is 0.284 e. The summed E-state index contributed by atoms with van der Waals surface area (Å²) in [5, 5.41) is 0.465. The fourth-order valence-corrected chi connectivity index (χ4v) is 2.72. The predicted octanol–water partition coefficient (Wildman–Crippen LogP) is 0.599. The van der Waals surface area contributed by atoms with Crippen molar-refractivity contribution in [3.63, 3.8) is 0 Å². The molecule has 0 bridgehead atoms. The summed E-state index contributed by atoms with van der Waals surface area (Å²) < 4.78 is 4.05. The molecule has 0 radical (unpaired) electrons. The summed E-state index contributed by atoms with van der Waals surface area (Å²) in [4.78, 5) is 28.7. The first kappa shape index (κ1) is 12.9. The van der Waals surface area contributed by atoms with Gasteiger partial charge in [-0.2, -0.15) is 4.37 Å². The summed E-state index contributed by atoms with van der Waals surface area (Å²) in [5.74, 6) is 1.32. The number of rotatable bonds is 2. The average Bonchev–Trinajstić information content (AvgIpc) is 2.94. The molecule has 0 saturated carbocycles. The average molecular weight is 290 g/mol. The summed E-state index contributed by atoms with van der Waals surface area (Å²) in [5.41, 5.74) is 0. The van der Waals surface area contributed by atoms with E-state index in [0.29, 0.717) is 29.9 Å². The van der Waals surface area contributed by atoms with Crippen molar-refractivity contribution in [1.82, 2.24) is 24.2 Å². The van der Waals surface area contributed by atoms with Gasteiger partial charge in [0.2, 0.25) is 11.0 Å². The monoisotopic (exact) mass is 290 g/mol. The molecule has 7 nitrogen and oxygen atoms in total. The highest BCUT2D eigenvalue weighted by Gasteiger charge is 2.25. The van der Waals surface area contributed by atoms with Gasteiger partial charge in [0.25, 0.3) is 5.91 Å². The van der Waals surface area contributed by atoms with Crippen LogP contribution in [-0.4, -0.2) is 56.3 Å². The summed E-state index contributed by atoms with van der Waals surface area (Å²) in [6.07, 6.45) is 3.45. The van der Waals surface area contributed by atoms with Crippen molar-refractivity contribution in [3.8, 4) is 0 Å². The summed E-state index contributed by atoms with van der Waals surface area (Å²) in [6.45, 7) is 4.55. The topological polar surface area (TPSA) is 75.1 Å². The Morgan fingerprint density at radius 1 is 1.20 bits per heavy atom. The van der Waals surface area contributed by atoms with E-state index in [0.717, 1.165) is 24.6 Å². The largest absolute Gasteiger partial charge is 0.337 e. The second-order valence-electron chi connectivity index (χ2n) is 4.47. The zero-order chi connectivity index (χ0) is 13.9. The van der Waals surface area contributed by atoms with Gasteiger partial charge in [0.15, 0.2) is 0 Å². The zero-order valence-electron chi connectivity index (χ0n) is 11.1. The lowest BCUT2D eigenvalue weighted by atomic mass is 10.3. The molecule has 0 spiro atoms. The third-order valence-corrected chi connectivity index (χ3v) is 3.91. The van der Waals surface area contributed by atoms with Crippen LogP contribution >= 0.6 is 11.5 Å². The minimum absolute atomic E-state index is 0.0377. The molecule has 0 aromatic carbocycles. The highest BCUT2D eigenvalue weighted by atomic mass is 32.1. The Labute approximate surface area is 120 Å². The number of amides is 1. The van der Waals surface area contributed by atoms with Crippen LogP contribution in [0, 0.1) is 6.92 Å². The molecule has 1 saturated heterocycles. The van der Waals surface area contributed by atoms with Crippen LogP contribution in [0.5, 0.6) is 0 Å². The van der Waals surface area contributed by atoms with Gasteiger partial charge in [-0.05, 0) is 24.5 Å². The molecule has 2 aromatic rings. The Morgan fingerprint density at radius 2 is 1.90 bits per heavy atom. The number of hydrogen-bond donors (Lipinski definition) is 0. The summed E-state index contributed by atoms with van der Waals surface area (Å²) >= 11 is 1.16. The molecular weight excluding hydrogens is 276 g/mol. The van der Waals surface area contributed by atoms with Gasteiger partial charge in [-0.15, -0.1) is 0 Å². The van der Waals surface area contributed by atoms with Gasteiger partial charge in [-0.1, -0.05) is 0 Å². The highest BCUT2D eigenvalue weighted by molar-refractivity contribution is 7.07. The van der Waals surface area contributed by atoms with Gasteiger partial charge in [-0.3, -0.25) is 4.79 Å². The molecule has 1 aliphatic heterocycles. The van der Waals surface area contributed by atoms with Crippen LogP contribution in [0.3, 0.4) is 0 Å². The molecule has 104 valence electrons. The van der Waals surface area contributed by atoms with Crippen molar-refractivity contribution in [3.05, 3.63) is 29.3 Å². The van der Waals surface area contributed by atoms with Gasteiger partial charge in [0.1, 0.15) is 5.82 Å². The smallest absolute Gasteiger partial charge is 0.284 e. The van der Waals surface area contributed by atoms with E-state index >= 15 is 0 Å². The van der Waals surface area contributed by atoms with Gasteiger partial charge in [-0.25, -0.2) is 15.0 Å². The third kappa shape index (κ3) is 2.60. The van der Waals surface area contributed by atoms with Crippen molar-refractivity contribution in [2.75, 3.05) is 31.1 Å². The van der Waals surface area contributed by atoms with E-state index in [1.165, 1.54) is 0 Å². The number of carbonyl (C=O) groups excluding carboxylic acids is 1. The molecule has 1 fully saturated rings. The van der Waals surface area contributed by atoms with E-state index in [2.05, 4.69) is 24.2 Å². The lowest BCUT2D eigenvalue weighted by Gasteiger charge is -2.34. The Balaban J connectivity index is 1.63. The van der Waals surface area contributed by atoms with Gasteiger partial charge < -0.3 is 9.80 Å². The van der Waals surface area contributed by atoms with Gasteiger partial charge in [0.05, 0.1) is 0 Å². The normalized spacial score (nSPS) is 15.4. The van der Waals surface area contributed by atoms with E-state index < -0.39 is 0 Å². The Morgan fingerprint density at radius 3 is 2.50 bits per heavy atom. The lowest BCUT2D eigenvalue weighted by molar-refractivity contribution is 0.0745. The van der Waals surface area contributed by atoms with Gasteiger partial charge >= 0.3 is 0 Å². The standard InChI is InChI=1S/C12H14N6OS/c1-9-15-10(20-16-9)11(19)17-5-7-18(8-6-17)12-13-3-2-4-14-12/h2-4H,5-8H2,1H3. The van der Waals surface area contributed by atoms with Crippen molar-refractivity contribution in [2.45, 2.75) is 6.92 Å². The number of nitrogens with zero attached hydrogens (tertiary/aromatic N) is 6. The number of aryl methyl sites for hydroxylation is 1. The molecule has 2 aromatic heterocycles. The Hall–Kier alpha value is -2.09. The molecule has 3 heterocycles. The van der Waals surface area contributed by atoms with Gasteiger partial charge in [0, 0.05) is 38.6 Å². The highest BCUT2D eigenvalue weighted by Crippen LogP contribution is 2.13. The van der Waals surface area contributed by atoms with E-state index in [1.54, 1.807) is 30.3 Å². The van der Waals surface area contributed by atoms with Crippen molar-refractivity contribution in [1.29, 1.82) is 0 Å². The summed E-state index contributed by atoms with van der Waals surface area (Å²) in [6, 6.07) is 1.79. The molecule has 8 heteroatoms. The SMILES string of the molecule is Cc1nsc(C(=O)N2CCN(c3ncccn3)CC2)n1. The number of piperazine rings is 1. The maximum absolute atomic E-state index is 12.2. The Kier molecular flexibility index (Phi) is 3.55. The van der Waals surface area contributed by atoms with E-state index in [-0.39, 0.29) is 5.91 Å². The molecular formula is C12H14N6OS. The minimum Gasteiger partial charge on any atom is -0.337 e. The molecule has 0 atom stereocenters. The molecule has 3 rings (SSSR count). The fourth-order valence-electron chi connectivity index (χ4n) is 2.08. The number of hydrogen-bond acceptors (Lipinski definition) is 7. The van der Waals surface area contributed by atoms with Crippen LogP contribution in [0.15, 0.2) is 18.5 Å². The Bertz CT molecular complexity index is 593. The molecule has 0 unspecified atom stereocenters. The van der Waals surface area contributed by atoms with Crippen LogP contribution in [0.1, 0.15) is 15.6 Å². The van der Waals surface area contributed by atoms with Crippen molar-refractivity contribution in [2.24, 2.45) is 0 Å². The van der Waals surface area contributed by atoms with E-state index in [1.807, 2.05) is 0 Å². The van der Waals surface area contributed by atoms with Crippen molar-refractivity contribution >= 4 is 23.4 Å². The first-order valence-electron chi connectivity index (χ1n) is 6.35. The predicted molar refractivity (Wildman–Crippen MR) is 74.8 cm³/mol. The second-order valence-corrected chi connectivity index (χ2v) is 5.23. The quantitative estimate of drug-likeness (QED) is 0.806. The van der Waals surface area contributed by atoms with Crippen LogP contribution in [0.4, 0.5) is 5.95 Å². The van der Waals surface area contributed by atoms with Crippen LogP contribution in [0.2, 0.25) is 0 Å². The molecule has 20 heavy (non-hydrogen) atoms. The molecule has 1 amide bonds. The fraction of sp³-hybridized carbons (Fsp3) is 0.417. The minimum atomic E-state index is -0.0377. The summed E-state index contributed by atoms with van der Waals surface area (Å²) in [7, 11) is 0.